The zero-order valence-corrected chi connectivity index (χ0v) is 11.7. The van der Waals surface area contributed by atoms with E-state index in [1.807, 2.05) is 29.6 Å². The Kier molecular flexibility index (Phi) is 3.51. The molecule has 0 fully saturated rings. The van der Waals surface area contributed by atoms with Gasteiger partial charge in [-0.05, 0) is 47.1 Å². The molecule has 3 rings (SSSR count). The van der Waals surface area contributed by atoms with Crippen molar-refractivity contribution in [1.29, 1.82) is 0 Å². The van der Waals surface area contributed by atoms with Gasteiger partial charge in [0, 0.05) is 10.8 Å². The van der Waals surface area contributed by atoms with E-state index in [1.165, 1.54) is 12.1 Å². The number of halogens is 2. The third kappa shape index (κ3) is 2.32. The highest BCUT2D eigenvalue weighted by Crippen LogP contribution is 2.32. The second-order valence-electron chi connectivity index (χ2n) is 4.61. The molecule has 0 amide bonds. The molecular formula is C16H13F2NS. The second-order valence-corrected chi connectivity index (χ2v) is 5.53. The first-order chi connectivity index (χ1) is 9.69. The van der Waals surface area contributed by atoms with E-state index in [-0.39, 0.29) is 6.04 Å². The van der Waals surface area contributed by atoms with E-state index in [1.54, 1.807) is 18.4 Å². The SMILES string of the molecule is CNC(c1cc(F)cc(F)c1)c1cccc2ccsc12. The van der Waals surface area contributed by atoms with Crippen LogP contribution in [0.1, 0.15) is 17.2 Å². The summed E-state index contributed by atoms with van der Waals surface area (Å²) in [6.07, 6.45) is 0. The van der Waals surface area contributed by atoms with Gasteiger partial charge in [0.15, 0.2) is 0 Å². The van der Waals surface area contributed by atoms with Gasteiger partial charge < -0.3 is 5.32 Å². The molecule has 0 bridgehead atoms. The molecule has 1 unspecified atom stereocenters. The molecule has 1 aromatic heterocycles. The van der Waals surface area contributed by atoms with Crippen molar-refractivity contribution in [2.75, 3.05) is 7.05 Å². The Labute approximate surface area is 119 Å². The fraction of sp³-hybridized carbons (Fsp3) is 0.125. The van der Waals surface area contributed by atoms with Crippen molar-refractivity contribution in [2.24, 2.45) is 0 Å². The summed E-state index contributed by atoms with van der Waals surface area (Å²) in [6.45, 7) is 0. The first-order valence-electron chi connectivity index (χ1n) is 6.28. The largest absolute Gasteiger partial charge is 0.309 e. The van der Waals surface area contributed by atoms with Crippen LogP contribution in [0.5, 0.6) is 0 Å². The van der Waals surface area contributed by atoms with Gasteiger partial charge in [-0.25, -0.2) is 8.78 Å². The van der Waals surface area contributed by atoms with Crippen molar-refractivity contribution < 1.29 is 8.78 Å². The minimum atomic E-state index is -0.557. The Bertz CT molecular complexity index is 731. The van der Waals surface area contributed by atoms with Gasteiger partial charge >= 0.3 is 0 Å². The molecule has 1 heterocycles. The molecule has 20 heavy (non-hydrogen) atoms. The molecule has 0 saturated heterocycles. The van der Waals surface area contributed by atoms with E-state index < -0.39 is 11.6 Å². The van der Waals surface area contributed by atoms with Gasteiger partial charge in [-0.2, -0.15) is 0 Å². The molecule has 102 valence electrons. The lowest BCUT2D eigenvalue weighted by Gasteiger charge is -2.18. The molecule has 0 aliphatic rings. The number of hydrogen-bond acceptors (Lipinski definition) is 2. The third-order valence-corrected chi connectivity index (χ3v) is 4.31. The fourth-order valence-corrected chi connectivity index (χ4v) is 3.43. The lowest BCUT2D eigenvalue weighted by atomic mass is 9.97. The number of hydrogen-bond donors (Lipinski definition) is 1. The topological polar surface area (TPSA) is 12.0 Å². The van der Waals surface area contributed by atoms with Gasteiger partial charge in [0.1, 0.15) is 11.6 Å². The van der Waals surface area contributed by atoms with Crippen LogP contribution in [0.25, 0.3) is 10.1 Å². The lowest BCUT2D eigenvalue weighted by molar-refractivity contribution is 0.572. The van der Waals surface area contributed by atoms with Crippen molar-refractivity contribution in [1.82, 2.24) is 5.32 Å². The van der Waals surface area contributed by atoms with E-state index in [0.717, 1.165) is 21.7 Å². The van der Waals surface area contributed by atoms with Crippen LogP contribution in [0, 0.1) is 11.6 Å². The Hall–Kier alpha value is -1.78. The highest BCUT2D eigenvalue weighted by atomic mass is 32.1. The molecule has 0 saturated carbocycles. The fourth-order valence-electron chi connectivity index (χ4n) is 2.49. The van der Waals surface area contributed by atoms with E-state index in [0.29, 0.717) is 5.56 Å². The summed E-state index contributed by atoms with van der Waals surface area (Å²) >= 11 is 1.63. The second kappa shape index (κ2) is 5.31. The average Bonchev–Trinajstić information content (AvgIpc) is 2.87. The van der Waals surface area contributed by atoms with E-state index in [4.69, 9.17) is 0 Å². The van der Waals surface area contributed by atoms with Crippen LogP contribution >= 0.6 is 11.3 Å². The Balaban J connectivity index is 2.16. The van der Waals surface area contributed by atoms with Crippen molar-refractivity contribution in [3.63, 3.8) is 0 Å². The molecule has 0 radical (unpaired) electrons. The normalized spacial score (nSPS) is 12.8. The molecule has 1 N–H and O–H groups in total. The maximum atomic E-state index is 13.4. The molecule has 4 heteroatoms. The molecule has 1 atom stereocenters. The lowest BCUT2D eigenvalue weighted by Crippen LogP contribution is -2.18. The van der Waals surface area contributed by atoms with Crippen LogP contribution in [0.15, 0.2) is 47.8 Å². The van der Waals surface area contributed by atoms with Gasteiger partial charge in [0.2, 0.25) is 0 Å². The smallest absolute Gasteiger partial charge is 0.126 e. The van der Waals surface area contributed by atoms with Crippen molar-refractivity contribution in [3.8, 4) is 0 Å². The maximum Gasteiger partial charge on any atom is 0.126 e. The monoisotopic (exact) mass is 289 g/mol. The van der Waals surface area contributed by atoms with Crippen LogP contribution in [0.2, 0.25) is 0 Å². The van der Waals surface area contributed by atoms with E-state index in [2.05, 4.69) is 5.32 Å². The van der Waals surface area contributed by atoms with Crippen LogP contribution in [0.3, 0.4) is 0 Å². The highest BCUT2D eigenvalue weighted by molar-refractivity contribution is 7.17. The standard InChI is InChI=1S/C16H13F2NS/c1-19-15(11-7-12(17)9-13(18)8-11)14-4-2-3-10-5-6-20-16(10)14/h2-9,15,19H,1H3. The quantitative estimate of drug-likeness (QED) is 0.749. The number of rotatable bonds is 3. The molecule has 0 aliphatic heterocycles. The van der Waals surface area contributed by atoms with Crippen molar-refractivity contribution >= 4 is 21.4 Å². The Morgan fingerprint density at radius 1 is 1.05 bits per heavy atom. The van der Waals surface area contributed by atoms with Gasteiger partial charge in [-0.15, -0.1) is 11.3 Å². The average molecular weight is 289 g/mol. The summed E-state index contributed by atoms with van der Waals surface area (Å²) in [5.74, 6) is -1.11. The van der Waals surface area contributed by atoms with Crippen LogP contribution in [-0.4, -0.2) is 7.05 Å². The zero-order chi connectivity index (χ0) is 14.1. The maximum absolute atomic E-state index is 13.4. The van der Waals surface area contributed by atoms with Crippen LogP contribution in [-0.2, 0) is 0 Å². The number of benzene rings is 2. The minimum Gasteiger partial charge on any atom is -0.309 e. The summed E-state index contributed by atoms with van der Waals surface area (Å²) in [7, 11) is 1.79. The van der Waals surface area contributed by atoms with Crippen LogP contribution in [0.4, 0.5) is 8.78 Å². The molecular weight excluding hydrogens is 276 g/mol. The number of fused-ring (bicyclic) bond motifs is 1. The first kappa shape index (κ1) is 13.2. The van der Waals surface area contributed by atoms with E-state index >= 15 is 0 Å². The molecule has 2 aromatic carbocycles. The Morgan fingerprint density at radius 2 is 1.80 bits per heavy atom. The van der Waals surface area contributed by atoms with Crippen molar-refractivity contribution in [3.05, 3.63) is 70.6 Å². The summed E-state index contributed by atoms with van der Waals surface area (Å²) in [5, 5.41) is 6.31. The predicted molar refractivity (Wildman–Crippen MR) is 79.1 cm³/mol. The number of thiophene rings is 1. The third-order valence-electron chi connectivity index (χ3n) is 3.33. The summed E-state index contributed by atoms with van der Waals surface area (Å²) < 4.78 is 28.0. The van der Waals surface area contributed by atoms with Gasteiger partial charge in [0.25, 0.3) is 0 Å². The Morgan fingerprint density at radius 3 is 2.50 bits per heavy atom. The van der Waals surface area contributed by atoms with Gasteiger partial charge in [0.05, 0.1) is 6.04 Å². The van der Waals surface area contributed by atoms with Gasteiger partial charge in [-0.1, -0.05) is 18.2 Å². The summed E-state index contributed by atoms with van der Waals surface area (Å²) in [5.41, 5.74) is 1.62. The summed E-state index contributed by atoms with van der Waals surface area (Å²) in [4.78, 5) is 0. The number of nitrogens with one attached hydrogen (secondary N) is 1. The molecule has 1 nitrogen and oxygen atoms in total. The van der Waals surface area contributed by atoms with Crippen LogP contribution < -0.4 is 5.32 Å². The predicted octanol–water partition coefficient (Wildman–Crippen LogP) is 4.49. The minimum absolute atomic E-state index is 0.234. The summed E-state index contributed by atoms with van der Waals surface area (Å²) in [6, 6.07) is 11.4. The van der Waals surface area contributed by atoms with Gasteiger partial charge in [-0.3, -0.25) is 0 Å². The highest BCUT2D eigenvalue weighted by Gasteiger charge is 2.17. The first-order valence-corrected chi connectivity index (χ1v) is 7.16. The van der Waals surface area contributed by atoms with Crippen molar-refractivity contribution in [2.45, 2.75) is 6.04 Å². The molecule has 0 spiro atoms. The molecule has 3 aromatic rings. The zero-order valence-electron chi connectivity index (χ0n) is 10.9. The van der Waals surface area contributed by atoms with E-state index in [9.17, 15) is 8.78 Å². The molecule has 0 aliphatic carbocycles.